The Bertz CT molecular complexity index is 533. The zero-order valence-electron chi connectivity index (χ0n) is 10.6. The van der Waals surface area contributed by atoms with Crippen LogP contribution in [-0.4, -0.2) is 5.11 Å². The van der Waals surface area contributed by atoms with Crippen LogP contribution < -0.4 is 0 Å². The van der Waals surface area contributed by atoms with Crippen molar-refractivity contribution >= 4 is 27.3 Å². The minimum atomic E-state index is -0.519. The monoisotopic (exact) mass is 324 g/mol. The fourth-order valence-corrected chi connectivity index (χ4v) is 3.28. The second kappa shape index (κ2) is 6.00. The maximum absolute atomic E-state index is 10.5. The van der Waals surface area contributed by atoms with E-state index in [4.69, 9.17) is 0 Å². The average Bonchev–Trinajstić information content (AvgIpc) is 2.83. The largest absolute Gasteiger partial charge is 0.384 e. The highest BCUT2D eigenvalue weighted by atomic mass is 79.9. The first-order valence-corrected chi connectivity index (χ1v) is 7.86. The van der Waals surface area contributed by atoms with Crippen LogP contribution in [0.15, 0.2) is 33.4 Å². The van der Waals surface area contributed by atoms with Crippen molar-refractivity contribution in [3.8, 4) is 0 Å². The van der Waals surface area contributed by atoms with E-state index in [1.54, 1.807) is 11.3 Å². The zero-order chi connectivity index (χ0) is 13.1. The summed E-state index contributed by atoms with van der Waals surface area (Å²) in [5.74, 6) is 0. The van der Waals surface area contributed by atoms with E-state index in [1.807, 2.05) is 11.4 Å². The summed E-state index contributed by atoms with van der Waals surface area (Å²) < 4.78 is 1.06. The van der Waals surface area contributed by atoms with Crippen molar-refractivity contribution in [3.05, 3.63) is 55.7 Å². The van der Waals surface area contributed by atoms with Gasteiger partial charge >= 0.3 is 0 Å². The van der Waals surface area contributed by atoms with Gasteiger partial charge in [0.15, 0.2) is 0 Å². The van der Waals surface area contributed by atoms with Gasteiger partial charge in [-0.1, -0.05) is 32.0 Å². The van der Waals surface area contributed by atoms with Gasteiger partial charge in [0.1, 0.15) is 6.10 Å². The van der Waals surface area contributed by atoms with Crippen LogP contribution >= 0.6 is 27.3 Å². The lowest BCUT2D eigenvalue weighted by Gasteiger charge is -2.15. The van der Waals surface area contributed by atoms with Crippen LogP contribution in [0.4, 0.5) is 0 Å². The summed E-state index contributed by atoms with van der Waals surface area (Å²) in [4.78, 5) is 0. The highest BCUT2D eigenvalue weighted by Gasteiger charge is 2.15. The summed E-state index contributed by atoms with van der Waals surface area (Å²) in [6.07, 6.45) is 1.42. The molecule has 0 radical (unpaired) electrons. The maximum Gasteiger partial charge on any atom is 0.105 e. The Kier molecular flexibility index (Phi) is 4.60. The van der Waals surface area contributed by atoms with Crippen molar-refractivity contribution in [2.45, 2.75) is 32.8 Å². The Labute approximate surface area is 121 Å². The molecule has 0 aliphatic heterocycles. The summed E-state index contributed by atoms with van der Waals surface area (Å²) >= 11 is 5.05. The number of hydrogen-bond acceptors (Lipinski definition) is 2. The van der Waals surface area contributed by atoms with Gasteiger partial charge in [-0.25, -0.2) is 0 Å². The van der Waals surface area contributed by atoms with Gasteiger partial charge in [0, 0.05) is 0 Å². The average molecular weight is 325 g/mol. The van der Waals surface area contributed by atoms with Crippen LogP contribution in [0, 0.1) is 0 Å². The minimum absolute atomic E-state index is 0.519. The fraction of sp³-hybridized carbons (Fsp3) is 0.333. The summed E-state index contributed by atoms with van der Waals surface area (Å²) in [5.41, 5.74) is 4.51. The van der Waals surface area contributed by atoms with Crippen molar-refractivity contribution in [2.75, 3.05) is 0 Å². The van der Waals surface area contributed by atoms with Gasteiger partial charge in [-0.2, -0.15) is 0 Å². The van der Waals surface area contributed by atoms with Crippen LogP contribution in [0.1, 0.15) is 42.2 Å². The molecule has 1 aromatic heterocycles. The van der Waals surface area contributed by atoms with Crippen molar-refractivity contribution in [1.82, 2.24) is 0 Å². The van der Waals surface area contributed by atoms with Crippen LogP contribution in [0.3, 0.4) is 0 Å². The van der Waals surface area contributed by atoms with Gasteiger partial charge in [0.2, 0.25) is 0 Å². The summed E-state index contributed by atoms with van der Waals surface area (Å²) in [6, 6.07) is 8.42. The predicted molar refractivity (Wildman–Crippen MR) is 81.3 cm³/mol. The lowest BCUT2D eigenvalue weighted by molar-refractivity contribution is 0.219. The molecule has 2 rings (SSSR count). The summed E-state index contributed by atoms with van der Waals surface area (Å²) in [5, 5.41) is 12.5. The smallest absolute Gasteiger partial charge is 0.105 e. The number of aliphatic hydroxyl groups is 1. The number of aliphatic hydroxyl groups excluding tert-OH is 1. The molecule has 0 saturated heterocycles. The fourth-order valence-electron chi connectivity index (χ4n) is 2.09. The third-order valence-electron chi connectivity index (χ3n) is 3.20. The lowest BCUT2D eigenvalue weighted by Crippen LogP contribution is -2.03. The molecule has 0 fully saturated rings. The number of hydrogen-bond donors (Lipinski definition) is 1. The Morgan fingerprint density at radius 2 is 2.00 bits per heavy atom. The molecule has 0 spiro atoms. The quantitative estimate of drug-likeness (QED) is 0.862. The molecule has 1 atom stereocenters. The number of halogens is 1. The maximum atomic E-state index is 10.5. The van der Waals surface area contributed by atoms with Gasteiger partial charge in [0.25, 0.3) is 0 Å². The molecule has 1 nitrogen and oxygen atoms in total. The predicted octanol–water partition coefficient (Wildman–Crippen LogP) is 4.72. The van der Waals surface area contributed by atoms with E-state index in [0.29, 0.717) is 0 Å². The molecule has 0 bridgehead atoms. The van der Waals surface area contributed by atoms with E-state index < -0.39 is 6.10 Å². The highest BCUT2D eigenvalue weighted by Crippen LogP contribution is 2.31. The molecule has 0 aliphatic carbocycles. The van der Waals surface area contributed by atoms with Crippen molar-refractivity contribution in [2.24, 2.45) is 0 Å². The van der Waals surface area contributed by atoms with Crippen LogP contribution in [0.5, 0.6) is 0 Å². The van der Waals surface area contributed by atoms with Crippen molar-refractivity contribution in [1.29, 1.82) is 0 Å². The van der Waals surface area contributed by atoms with Crippen LogP contribution in [0.25, 0.3) is 0 Å². The van der Waals surface area contributed by atoms with E-state index in [1.165, 1.54) is 11.1 Å². The minimum Gasteiger partial charge on any atom is -0.384 e. The highest BCUT2D eigenvalue weighted by molar-refractivity contribution is 9.11. The second-order valence-corrected chi connectivity index (χ2v) is 6.62. The molecule has 0 aliphatic rings. The zero-order valence-corrected chi connectivity index (χ0v) is 13.0. The molecular formula is C15H17BrOS. The van der Waals surface area contributed by atoms with E-state index in [0.717, 1.165) is 27.8 Å². The number of thiophene rings is 1. The molecule has 1 N–H and O–H groups in total. The van der Waals surface area contributed by atoms with Gasteiger partial charge < -0.3 is 5.11 Å². The second-order valence-electron chi connectivity index (χ2n) is 4.33. The Balaban J connectivity index is 2.41. The normalized spacial score (nSPS) is 12.7. The first-order chi connectivity index (χ1) is 8.65. The van der Waals surface area contributed by atoms with Gasteiger partial charge in [0.05, 0.1) is 3.79 Å². The van der Waals surface area contributed by atoms with E-state index in [-0.39, 0.29) is 0 Å². The van der Waals surface area contributed by atoms with Gasteiger partial charge in [-0.15, -0.1) is 11.3 Å². The van der Waals surface area contributed by atoms with Gasteiger partial charge in [-0.05, 0) is 62.5 Å². The molecule has 2 aromatic rings. The molecule has 1 heterocycles. The standard InChI is InChI=1S/C15H17BrOS/c1-3-10-5-6-11(4-2)13(7-10)15(17)12-8-14(16)18-9-12/h5-9,15,17H,3-4H2,1-2H3. The van der Waals surface area contributed by atoms with E-state index in [9.17, 15) is 5.11 Å². The van der Waals surface area contributed by atoms with Crippen molar-refractivity contribution in [3.63, 3.8) is 0 Å². The molecule has 3 heteroatoms. The Hall–Kier alpha value is -0.640. The molecule has 18 heavy (non-hydrogen) atoms. The molecule has 96 valence electrons. The third-order valence-corrected chi connectivity index (χ3v) is 4.72. The van der Waals surface area contributed by atoms with Crippen molar-refractivity contribution < 1.29 is 5.11 Å². The van der Waals surface area contributed by atoms with E-state index >= 15 is 0 Å². The molecule has 1 unspecified atom stereocenters. The van der Waals surface area contributed by atoms with E-state index in [2.05, 4.69) is 48.0 Å². The first kappa shape index (κ1) is 13.8. The van der Waals surface area contributed by atoms with Crippen LogP contribution in [0.2, 0.25) is 0 Å². The number of aryl methyl sites for hydroxylation is 2. The SMILES string of the molecule is CCc1ccc(CC)c(C(O)c2csc(Br)c2)c1. The Morgan fingerprint density at radius 3 is 2.56 bits per heavy atom. The number of benzene rings is 1. The Morgan fingerprint density at radius 1 is 1.22 bits per heavy atom. The molecule has 1 aromatic carbocycles. The lowest BCUT2D eigenvalue weighted by atomic mass is 9.94. The summed E-state index contributed by atoms with van der Waals surface area (Å²) in [7, 11) is 0. The third kappa shape index (κ3) is 2.85. The van der Waals surface area contributed by atoms with Gasteiger partial charge in [-0.3, -0.25) is 0 Å². The molecule has 0 saturated carbocycles. The molecule has 0 amide bonds. The molecular weight excluding hydrogens is 308 g/mol. The van der Waals surface area contributed by atoms with Crippen LogP contribution in [-0.2, 0) is 12.8 Å². The number of rotatable bonds is 4. The topological polar surface area (TPSA) is 20.2 Å². The summed E-state index contributed by atoms with van der Waals surface area (Å²) in [6.45, 7) is 4.26. The first-order valence-electron chi connectivity index (χ1n) is 6.19.